The lowest BCUT2D eigenvalue weighted by Crippen LogP contribution is -2.60. The van der Waals surface area contributed by atoms with Crippen molar-refractivity contribution in [3.05, 3.63) is 83.7 Å². The van der Waals surface area contributed by atoms with Crippen molar-refractivity contribution in [3.63, 3.8) is 0 Å². The highest BCUT2D eigenvalue weighted by Gasteiger charge is 2.43. The van der Waals surface area contributed by atoms with Crippen LogP contribution in [0.5, 0.6) is 5.75 Å². The topological polar surface area (TPSA) is 44.8 Å². The number of para-hydroxylation sites is 2. The molecule has 0 bridgehead atoms. The zero-order valence-corrected chi connectivity index (χ0v) is 19.6. The maximum atomic E-state index is 13.5. The van der Waals surface area contributed by atoms with E-state index < -0.39 is 23.5 Å². The van der Waals surface area contributed by atoms with Gasteiger partial charge in [0.2, 0.25) is 5.91 Å². The number of alkyl halides is 3. The van der Waals surface area contributed by atoms with Crippen LogP contribution in [0.15, 0.2) is 66.7 Å². The van der Waals surface area contributed by atoms with Gasteiger partial charge in [-0.15, -0.1) is 0 Å². The first kappa shape index (κ1) is 24.0. The fraction of sp³-hybridized carbons (Fsp3) is 0.296. The molecule has 5 nitrogen and oxygen atoms in total. The van der Waals surface area contributed by atoms with Gasteiger partial charge in [-0.3, -0.25) is 4.79 Å². The molecule has 1 amide bonds. The predicted octanol–water partition coefficient (Wildman–Crippen LogP) is 5.36. The Hall–Kier alpha value is -3.75. The summed E-state index contributed by atoms with van der Waals surface area (Å²) in [5.41, 5.74) is 1.81. The van der Waals surface area contributed by atoms with Crippen LogP contribution in [0.3, 0.4) is 0 Å². The highest BCUT2D eigenvalue weighted by atomic mass is 19.4. The lowest BCUT2D eigenvalue weighted by molar-refractivity contribution is -0.137. The van der Waals surface area contributed by atoms with Crippen molar-refractivity contribution >= 4 is 23.0 Å². The van der Waals surface area contributed by atoms with Crippen LogP contribution in [0.25, 0.3) is 0 Å². The molecular weight excluding hydrogens is 474 g/mol. The summed E-state index contributed by atoms with van der Waals surface area (Å²) in [6.45, 7) is 1.63. The Labute approximate surface area is 206 Å². The minimum atomic E-state index is -4.47. The second-order valence-electron chi connectivity index (χ2n) is 9.03. The summed E-state index contributed by atoms with van der Waals surface area (Å²) >= 11 is 0. The van der Waals surface area contributed by atoms with E-state index in [9.17, 15) is 22.4 Å². The van der Waals surface area contributed by atoms with Crippen LogP contribution in [0.4, 0.5) is 34.6 Å². The molecule has 2 aliphatic heterocycles. The van der Waals surface area contributed by atoms with Crippen molar-refractivity contribution in [1.82, 2.24) is 0 Å². The van der Waals surface area contributed by atoms with E-state index >= 15 is 0 Å². The summed E-state index contributed by atoms with van der Waals surface area (Å²) in [7, 11) is 1.60. The van der Waals surface area contributed by atoms with Gasteiger partial charge in [-0.1, -0.05) is 12.1 Å². The number of benzene rings is 3. The van der Waals surface area contributed by atoms with E-state index in [1.54, 1.807) is 7.11 Å². The molecule has 0 saturated carbocycles. The highest BCUT2D eigenvalue weighted by molar-refractivity contribution is 5.94. The Morgan fingerprint density at radius 1 is 1.00 bits per heavy atom. The Bertz CT molecular complexity index is 1260. The van der Waals surface area contributed by atoms with Gasteiger partial charge in [0, 0.05) is 31.0 Å². The number of hydrogen-bond donors (Lipinski definition) is 1. The van der Waals surface area contributed by atoms with E-state index in [2.05, 4.69) is 10.2 Å². The lowest BCUT2D eigenvalue weighted by atomic mass is 9.82. The van der Waals surface area contributed by atoms with Crippen molar-refractivity contribution < 1.29 is 27.1 Å². The number of amides is 1. The van der Waals surface area contributed by atoms with E-state index in [0.717, 1.165) is 23.5 Å². The zero-order valence-electron chi connectivity index (χ0n) is 19.6. The third-order valence-electron chi connectivity index (χ3n) is 6.91. The molecule has 0 radical (unpaired) electrons. The number of piperazine rings is 1. The van der Waals surface area contributed by atoms with Crippen molar-refractivity contribution in [3.8, 4) is 5.75 Å². The maximum absolute atomic E-state index is 13.5. The molecule has 9 heteroatoms. The first-order valence-electron chi connectivity index (χ1n) is 11.7. The highest BCUT2D eigenvalue weighted by Crippen LogP contribution is 2.41. The normalized spacial score (nSPS) is 19.4. The predicted molar refractivity (Wildman–Crippen MR) is 130 cm³/mol. The standard InChI is InChI=1S/C27H25F4N3O2/c1-36-25-5-3-2-4-23(25)33-12-13-34-22-11-6-18(27(29,30)31)14-17(22)15-21(24(34)16-33)26(35)32-20-9-7-19(28)8-10-20/h2-11,14,21,24H,12-13,15-16H2,1H3,(H,32,35). The molecule has 1 saturated heterocycles. The molecule has 1 fully saturated rings. The van der Waals surface area contributed by atoms with Crippen LogP contribution in [0, 0.1) is 11.7 Å². The molecule has 3 aromatic carbocycles. The quantitative estimate of drug-likeness (QED) is 0.491. The van der Waals surface area contributed by atoms with Crippen molar-refractivity contribution in [2.75, 3.05) is 41.9 Å². The summed E-state index contributed by atoms with van der Waals surface area (Å²) in [6, 6.07) is 16.5. The fourth-order valence-corrected chi connectivity index (χ4v) is 5.18. The molecular formula is C27H25F4N3O2. The maximum Gasteiger partial charge on any atom is 0.416 e. The molecule has 0 spiro atoms. The molecule has 36 heavy (non-hydrogen) atoms. The SMILES string of the molecule is COc1ccccc1N1CCN2c3ccc(C(F)(F)F)cc3CC(C(=O)Nc3ccc(F)cc3)C2C1. The molecule has 1 N–H and O–H groups in total. The summed E-state index contributed by atoms with van der Waals surface area (Å²) in [5.74, 6) is -0.653. The Morgan fingerprint density at radius 2 is 1.75 bits per heavy atom. The number of fused-ring (bicyclic) bond motifs is 3. The van der Waals surface area contributed by atoms with Gasteiger partial charge in [0.1, 0.15) is 11.6 Å². The Morgan fingerprint density at radius 3 is 2.47 bits per heavy atom. The summed E-state index contributed by atoms with van der Waals surface area (Å²) < 4.78 is 59.2. The van der Waals surface area contributed by atoms with Crippen molar-refractivity contribution in [2.24, 2.45) is 5.92 Å². The first-order valence-corrected chi connectivity index (χ1v) is 11.7. The average Bonchev–Trinajstić information content (AvgIpc) is 2.88. The number of carbonyl (C=O) groups excluding carboxylic acids is 1. The summed E-state index contributed by atoms with van der Waals surface area (Å²) in [6.07, 6.45) is -4.31. The van der Waals surface area contributed by atoms with E-state index in [4.69, 9.17) is 4.74 Å². The summed E-state index contributed by atoms with van der Waals surface area (Å²) in [4.78, 5) is 17.7. The molecule has 2 heterocycles. The van der Waals surface area contributed by atoms with Gasteiger partial charge in [0.15, 0.2) is 0 Å². The number of halogens is 4. The van der Waals surface area contributed by atoms with Gasteiger partial charge in [-0.05, 0) is 66.6 Å². The first-order chi connectivity index (χ1) is 17.2. The third kappa shape index (κ3) is 4.57. The summed E-state index contributed by atoms with van der Waals surface area (Å²) in [5, 5.41) is 2.83. The van der Waals surface area contributed by atoms with Crippen LogP contribution in [-0.4, -0.2) is 38.7 Å². The monoisotopic (exact) mass is 499 g/mol. The van der Waals surface area contributed by atoms with Crippen LogP contribution >= 0.6 is 0 Å². The van der Waals surface area contributed by atoms with Gasteiger partial charge < -0.3 is 19.9 Å². The van der Waals surface area contributed by atoms with Gasteiger partial charge in [0.05, 0.1) is 30.3 Å². The number of carbonyl (C=O) groups is 1. The second kappa shape index (κ2) is 9.37. The van der Waals surface area contributed by atoms with Crippen LogP contribution in [0.1, 0.15) is 11.1 Å². The second-order valence-corrected chi connectivity index (χ2v) is 9.03. The van der Waals surface area contributed by atoms with Crippen LogP contribution in [0.2, 0.25) is 0 Å². The number of hydrogen-bond acceptors (Lipinski definition) is 4. The average molecular weight is 500 g/mol. The number of rotatable bonds is 4. The van der Waals surface area contributed by atoms with E-state index in [1.165, 1.54) is 30.3 Å². The molecule has 0 aromatic heterocycles. The fourth-order valence-electron chi connectivity index (χ4n) is 5.18. The van der Waals surface area contributed by atoms with E-state index in [1.807, 2.05) is 29.2 Å². The van der Waals surface area contributed by atoms with E-state index in [0.29, 0.717) is 36.6 Å². The molecule has 2 atom stereocenters. The van der Waals surface area contributed by atoms with Gasteiger partial charge in [-0.25, -0.2) is 4.39 Å². The number of anilines is 3. The largest absolute Gasteiger partial charge is 0.495 e. The van der Waals surface area contributed by atoms with Gasteiger partial charge in [0.25, 0.3) is 0 Å². The lowest BCUT2D eigenvalue weighted by Gasteiger charge is -2.49. The van der Waals surface area contributed by atoms with Crippen LogP contribution in [-0.2, 0) is 17.4 Å². The number of nitrogens with zero attached hydrogens (tertiary/aromatic N) is 2. The molecule has 2 unspecified atom stereocenters. The third-order valence-corrected chi connectivity index (χ3v) is 6.91. The smallest absolute Gasteiger partial charge is 0.416 e. The van der Waals surface area contributed by atoms with Crippen molar-refractivity contribution in [1.29, 1.82) is 0 Å². The Balaban J connectivity index is 1.50. The number of methoxy groups -OCH3 is 1. The van der Waals surface area contributed by atoms with Gasteiger partial charge >= 0.3 is 6.18 Å². The van der Waals surface area contributed by atoms with Gasteiger partial charge in [-0.2, -0.15) is 13.2 Å². The molecule has 3 aromatic rings. The molecule has 0 aliphatic carbocycles. The zero-order chi connectivity index (χ0) is 25.4. The number of ether oxygens (including phenoxy) is 1. The van der Waals surface area contributed by atoms with E-state index in [-0.39, 0.29) is 18.4 Å². The van der Waals surface area contributed by atoms with Crippen molar-refractivity contribution in [2.45, 2.75) is 18.6 Å². The minimum absolute atomic E-state index is 0.160. The Kier molecular flexibility index (Phi) is 6.24. The molecule has 5 rings (SSSR count). The molecule has 188 valence electrons. The minimum Gasteiger partial charge on any atom is -0.495 e. The molecule has 2 aliphatic rings. The number of nitrogens with one attached hydrogen (secondary N) is 1. The van der Waals surface area contributed by atoms with Crippen LogP contribution < -0.4 is 19.9 Å².